The molecule has 0 saturated carbocycles. The third kappa shape index (κ3) is 3.06. The van der Waals surface area contributed by atoms with E-state index in [1.807, 2.05) is 0 Å². The Labute approximate surface area is 157 Å². The molecule has 1 aliphatic carbocycles. The van der Waals surface area contributed by atoms with Gasteiger partial charge in [-0.15, -0.1) is 0 Å². The van der Waals surface area contributed by atoms with Crippen LogP contribution in [-0.4, -0.2) is 16.1 Å². The van der Waals surface area contributed by atoms with Crippen molar-refractivity contribution in [2.24, 2.45) is 0 Å². The highest BCUT2D eigenvalue weighted by Crippen LogP contribution is 2.40. The van der Waals surface area contributed by atoms with Gasteiger partial charge in [0, 0.05) is 16.8 Å². The van der Waals surface area contributed by atoms with E-state index in [-0.39, 0.29) is 16.3 Å². The minimum Gasteiger partial charge on any atom is -0.453 e. The second-order valence-corrected chi connectivity index (χ2v) is 6.75. The van der Waals surface area contributed by atoms with Crippen LogP contribution in [0, 0.1) is 0 Å². The Bertz CT molecular complexity index is 1020. The van der Waals surface area contributed by atoms with Gasteiger partial charge in [0.25, 0.3) is 0 Å². The van der Waals surface area contributed by atoms with Crippen molar-refractivity contribution in [2.75, 3.05) is 0 Å². The molecule has 0 amide bonds. The first-order valence-electron chi connectivity index (χ1n) is 8.42. The average Bonchev–Trinajstić information content (AvgIpc) is 3.26. The number of benzene rings is 1. The summed E-state index contributed by atoms with van der Waals surface area (Å²) in [6.45, 7) is 0. The molecule has 140 valence electrons. The van der Waals surface area contributed by atoms with Crippen molar-refractivity contribution in [1.29, 1.82) is 0 Å². The quantitative estimate of drug-likeness (QED) is 0.551. The monoisotopic (exact) mass is 394 g/mol. The lowest BCUT2D eigenvalue weighted by Gasteiger charge is -2.17. The first-order chi connectivity index (χ1) is 12.9. The number of rotatable bonds is 3. The smallest absolute Gasteiger partial charge is 0.435 e. The van der Waals surface area contributed by atoms with Crippen LogP contribution in [0.2, 0.25) is 5.02 Å². The number of alkyl halides is 3. The van der Waals surface area contributed by atoms with Gasteiger partial charge in [0.2, 0.25) is 0 Å². The molecule has 2 aromatic heterocycles. The van der Waals surface area contributed by atoms with E-state index in [0.717, 1.165) is 6.42 Å². The SMILES string of the molecule is O=Cc1ccc(-c2cccc(Cl)c2-n2nc(C(F)(F)F)c3c2CCCC3)o1. The van der Waals surface area contributed by atoms with Gasteiger partial charge in [0.05, 0.1) is 10.7 Å². The zero-order valence-electron chi connectivity index (χ0n) is 14.0. The van der Waals surface area contributed by atoms with Crippen molar-refractivity contribution in [3.05, 3.63) is 58.1 Å². The fourth-order valence-electron chi connectivity index (χ4n) is 3.50. The summed E-state index contributed by atoms with van der Waals surface area (Å²) in [5.41, 5.74) is 0.675. The highest BCUT2D eigenvalue weighted by atomic mass is 35.5. The van der Waals surface area contributed by atoms with Gasteiger partial charge in [-0.1, -0.05) is 17.7 Å². The molecule has 0 N–H and O–H groups in total. The average molecular weight is 395 g/mol. The van der Waals surface area contributed by atoms with Crippen molar-refractivity contribution in [3.8, 4) is 17.0 Å². The summed E-state index contributed by atoms with van der Waals surface area (Å²) in [6, 6.07) is 8.02. The second kappa shape index (κ2) is 6.56. The van der Waals surface area contributed by atoms with Crippen LogP contribution in [0.3, 0.4) is 0 Å². The summed E-state index contributed by atoms with van der Waals surface area (Å²) in [4.78, 5) is 10.9. The lowest BCUT2D eigenvalue weighted by molar-refractivity contribution is -0.142. The number of fused-ring (bicyclic) bond motifs is 1. The molecule has 8 heteroatoms. The molecule has 0 spiro atoms. The van der Waals surface area contributed by atoms with Crippen molar-refractivity contribution >= 4 is 17.9 Å². The fourth-order valence-corrected chi connectivity index (χ4v) is 3.76. The number of furan rings is 1. The maximum Gasteiger partial charge on any atom is 0.435 e. The lowest BCUT2D eigenvalue weighted by Crippen LogP contribution is -2.11. The molecule has 0 atom stereocenters. The highest BCUT2D eigenvalue weighted by Gasteiger charge is 2.40. The van der Waals surface area contributed by atoms with Gasteiger partial charge in [0.1, 0.15) is 5.76 Å². The van der Waals surface area contributed by atoms with Crippen LogP contribution in [0.1, 0.15) is 40.3 Å². The molecule has 0 fully saturated rings. The van der Waals surface area contributed by atoms with Gasteiger partial charge < -0.3 is 4.42 Å². The summed E-state index contributed by atoms with van der Waals surface area (Å²) in [5, 5.41) is 4.15. The molecular weight excluding hydrogens is 381 g/mol. The predicted octanol–water partition coefficient (Wildman–Crippen LogP) is 5.50. The van der Waals surface area contributed by atoms with Crippen LogP contribution < -0.4 is 0 Å². The fraction of sp³-hybridized carbons (Fsp3) is 0.263. The Hall–Kier alpha value is -2.54. The van der Waals surface area contributed by atoms with E-state index in [9.17, 15) is 18.0 Å². The zero-order chi connectivity index (χ0) is 19.2. The number of carbonyl (C=O) groups is 1. The van der Waals surface area contributed by atoms with E-state index in [2.05, 4.69) is 5.10 Å². The van der Waals surface area contributed by atoms with Gasteiger partial charge in [-0.2, -0.15) is 18.3 Å². The van der Waals surface area contributed by atoms with E-state index in [4.69, 9.17) is 16.0 Å². The van der Waals surface area contributed by atoms with Crippen LogP contribution in [0.25, 0.3) is 17.0 Å². The Morgan fingerprint density at radius 1 is 1.15 bits per heavy atom. The van der Waals surface area contributed by atoms with Gasteiger partial charge in [-0.25, -0.2) is 4.68 Å². The maximum absolute atomic E-state index is 13.5. The predicted molar refractivity (Wildman–Crippen MR) is 93.3 cm³/mol. The second-order valence-electron chi connectivity index (χ2n) is 6.35. The summed E-state index contributed by atoms with van der Waals surface area (Å²) < 4.78 is 47.3. The molecule has 0 saturated heterocycles. The standard InChI is InChI=1S/C19H14ClF3N2O2/c20-14-6-3-5-13(16-9-8-11(10-26)27-16)17(14)25-15-7-2-1-4-12(15)18(24-25)19(21,22)23/h3,5-6,8-10H,1-2,4,7H2. The number of nitrogens with zero attached hydrogens (tertiary/aromatic N) is 2. The van der Waals surface area contributed by atoms with Crippen LogP contribution >= 0.6 is 11.6 Å². The molecule has 0 aliphatic heterocycles. The first-order valence-corrected chi connectivity index (χ1v) is 8.80. The highest BCUT2D eigenvalue weighted by molar-refractivity contribution is 6.33. The Kier molecular flexibility index (Phi) is 4.34. The van der Waals surface area contributed by atoms with Crippen molar-refractivity contribution in [3.63, 3.8) is 0 Å². The Balaban J connectivity index is 1.97. The van der Waals surface area contributed by atoms with E-state index in [1.54, 1.807) is 24.3 Å². The van der Waals surface area contributed by atoms with Crippen molar-refractivity contribution in [2.45, 2.75) is 31.9 Å². The maximum atomic E-state index is 13.5. The summed E-state index contributed by atoms with van der Waals surface area (Å²) >= 11 is 6.37. The van der Waals surface area contributed by atoms with E-state index < -0.39 is 11.9 Å². The number of hydrogen-bond donors (Lipinski definition) is 0. The molecule has 0 unspecified atom stereocenters. The third-order valence-corrected chi connectivity index (χ3v) is 4.96. The number of halogens is 4. The molecular formula is C19H14ClF3N2O2. The van der Waals surface area contributed by atoms with Crippen LogP contribution in [0.4, 0.5) is 13.2 Å². The molecule has 2 heterocycles. The van der Waals surface area contributed by atoms with Crippen LogP contribution in [0.15, 0.2) is 34.7 Å². The summed E-state index contributed by atoms with van der Waals surface area (Å²) in [6.07, 6.45) is -1.68. The van der Waals surface area contributed by atoms with Gasteiger partial charge >= 0.3 is 6.18 Å². The van der Waals surface area contributed by atoms with Crippen LogP contribution in [-0.2, 0) is 19.0 Å². The minimum absolute atomic E-state index is 0.120. The molecule has 1 aliphatic rings. The zero-order valence-corrected chi connectivity index (χ0v) is 14.8. The first kappa shape index (κ1) is 17.9. The Morgan fingerprint density at radius 2 is 1.93 bits per heavy atom. The normalized spacial score (nSPS) is 14.2. The number of para-hydroxylation sites is 1. The van der Waals surface area contributed by atoms with Crippen molar-refractivity contribution < 1.29 is 22.4 Å². The largest absolute Gasteiger partial charge is 0.453 e. The molecule has 0 bridgehead atoms. The van der Waals surface area contributed by atoms with E-state index in [0.29, 0.717) is 48.3 Å². The Morgan fingerprint density at radius 3 is 2.63 bits per heavy atom. The molecule has 27 heavy (non-hydrogen) atoms. The van der Waals surface area contributed by atoms with Gasteiger partial charge in [0.15, 0.2) is 17.7 Å². The number of hydrogen-bond acceptors (Lipinski definition) is 3. The number of aromatic nitrogens is 2. The third-order valence-electron chi connectivity index (χ3n) is 4.66. The number of aldehydes is 1. The van der Waals surface area contributed by atoms with Gasteiger partial charge in [-0.3, -0.25) is 4.79 Å². The van der Waals surface area contributed by atoms with E-state index >= 15 is 0 Å². The molecule has 4 nitrogen and oxygen atoms in total. The number of carbonyl (C=O) groups excluding carboxylic acids is 1. The summed E-state index contributed by atoms with van der Waals surface area (Å²) in [7, 11) is 0. The molecule has 3 aromatic rings. The summed E-state index contributed by atoms with van der Waals surface area (Å²) in [5.74, 6) is 0.456. The van der Waals surface area contributed by atoms with Gasteiger partial charge in [-0.05, 0) is 49.9 Å². The molecule has 4 rings (SSSR count). The van der Waals surface area contributed by atoms with Crippen LogP contribution in [0.5, 0.6) is 0 Å². The molecule has 1 aromatic carbocycles. The van der Waals surface area contributed by atoms with Crippen molar-refractivity contribution in [1.82, 2.24) is 9.78 Å². The molecule has 0 radical (unpaired) electrons. The lowest BCUT2D eigenvalue weighted by atomic mass is 9.95. The minimum atomic E-state index is -4.54. The van der Waals surface area contributed by atoms with E-state index in [1.165, 1.54) is 10.7 Å². The topological polar surface area (TPSA) is 48.0 Å².